The Morgan fingerprint density at radius 2 is 1.66 bits per heavy atom. The fraction of sp³-hybridized carbons (Fsp3) is 0.121. The molecule has 0 saturated carbocycles. The van der Waals surface area contributed by atoms with E-state index >= 15 is 0 Å². The molecule has 4 aromatic rings. The van der Waals surface area contributed by atoms with Gasteiger partial charge < -0.3 is 19.3 Å². The van der Waals surface area contributed by atoms with Crippen LogP contribution in [0.15, 0.2) is 94.8 Å². The molecule has 1 fully saturated rings. The average molecular weight is 741 g/mol. The van der Waals surface area contributed by atoms with Crippen molar-refractivity contribution in [2.45, 2.75) is 13.2 Å². The predicted molar refractivity (Wildman–Crippen MR) is 181 cm³/mol. The lowest BCUT2D eigenvalue weighted by Gasteiger charge is -2.16. The van der Waals surface area contributed by atoms with E-state index in [0.717, 1.165) is 14.7 Å². The highest BCUT2D eigenvalue weighted by Crippen LogP contribution is 2.40. The Labute approximate surface area is 277 Å². The van der Waals surface area contributed by atoms with E-state index < -0.39 is 5.97 Å². The van der Waals surface area contributed by atoms with Crippen LogP contribution in [0.25, 0.3) is 6.08 Å². The van der Waals surface area contributed by atoms with Gasteiger partial charge in [0, 0.05) is 3.57 Å². The minimum atomic E-state index is -1.02. The third-order valence-corrected chi connectivity index (χ3v) is 8.58. The van der Waals surface area contributed by atoms with Crippen LogP contribution in [-0.2, 0) is 17.9 Å². The van der Waals surface area contributed by atoms with Gasteiger partial charge in [0.2, 0.25) is 0 Å². The Morgan fingerprint density at radius 3 is 2.30 bits per heavy atom. The van der Waals surface area contributed by atoms with Crippen LogP contribution in [0.3, 0.4) is 0 Å². The van der Waals surface area contributed by atoms with Crippen molar-refractivity contribution in [2.24, 2.45) is 4.99 Å². The van der Waals surface area contributed by atoms with Gasteiger partial charge in [0.25, 0.3) is 5.91 Å². The molecule has 1 aliphatic heterocycles. The summed E-state index contributed by atoms with van der Waals surface area (Å²) in [5.41, 5.74) is 3.21. The average Bonchev–Trinajstić information content (AvgIpc) is 3.30. The van der Waals surface area contributed by atoms with Gasteiger partial charge in [0.1, 0.15) is 12.4 Å². The molecule has 4 aromatic carbocycles. The van der Waals surface area contributed by atoms with Crippen molar-refractivity contribution in [1.82, 2.24) is 4.90 Å². The smallest absolute Gasteiger partial charge is 0.335 e. The van der Waals surface area contributed by atoms with Gasteiger partial charge in [-0.1, -0.05) is 35.9 Å². The number of halogens is 2. The van der Waals surface area contributed by atoms with E-state index in [-0.39, 0.29) is 18.0 Å². The maximum atomic E-state index is 13.7. The first-order valence-electron chi connectivity index (χ1n) is 13.2. The monoisotopic (exact) mass is 740 g/mol. The van der Waals surface area contributed by atoms with Gasteiger partial charge in [-0.05, 0) is 118 Å². The summed E-state index contributed by atoms with van der Waals surface area (Å²) >= 11 is 10.1. The van der Waals surface area contributed by atoms with Gasteiger partial charge in [0.15, 0.2) is 16.7 Å². The van der Waals surface area contributed by atoms with Crippen LogP contribution in [0, 0.1) is 3.57 Å². The van der Waals surface area contributed by atoms with Crippen LogP contribution in [-0.4, -0.2) is 41.3 Å². The second-order valence-corrected chi connectivity index (χ2v) is 12.2. The van der Waals surface area contributed by atoms with E-state index in [4.69, 9.17) is 30.8 Å². The molecule has 224 valence electrons. The Morgan fingerprint density at radius 1 is 0.977 bits per heavy atom. The second kappa shape index (κ2) is 14.2. The molecule has 0 spiro atoms. The van der Waals surface area contributed by atoms with Crippen molar-refractivity contribution < 1.29 is 28.9 Å². The molecular weight excluding hydrogens is 715 g/mol. The minimum absolute atomic E-state index is 0.167. The molecule has 0 aliphatic carbocycles. The number of hydrogen-bond acceptors (Lipinski definition) is 7. The number of hydrogen-bond donors (Lipinski definition) is 1. The molecule has 44 heavy (non-hydrogen) atoms. The van der Waals surface area contributed by atoms with Crippen molar-refractivity contribution in [3.05, 3.63) is 121 Å². The van der Waals surface area contributed by atoms with Crippen LogP contribution >= 0.6 is 46.0 Å². The predicted octanol–water partition coefficient (Wildman–Crippen LogP) is 8.04. The Balaban J connectivity index is 1.44. The summed E-state index contributed by atoms with van der Waals surface area (Å²) in [5.74, 6) is 0.272. The lowest BCUT2D eigenvalue weighted by atomic mass is 10.1. The highest BCUT2D eigenvalue weighted by atomic mass is 127. The minimum Gasteiger partial charge on any atom is -0.497 e. The molecule has 1 aliphatic rings. The summed E-state index contributed by atoms with van der Waals surface area (Å²) in [7, 11) is 3.12. The molecule has 0 unspecified atom stereocenters. The molecule has 0 aromatic heterocycles. The van der Waals surface area contributed by atoms with E-state index in [1.54, 1.807) is 66.6 Å². The summed E-state index contributed by atoms with van der Waals surface area (Å²) in [6.45, 7) is 0.517. The van der Waals surface area contributed by atoms with E-state index in [1.165, 1.54) is 31.0 Å². The number of benzene rings is 4. The van der Waals surface area contributed by atoms with Crippen LogP contribution in [0.4, 0.5) is 5.69 Å². The SMILES string of the molecule is COc1ccc(N=C2S/C(=C\c3cc(Cl)c(OCc4ccc(I)cc4)c(OC)c3)C(=O)N2Cc2ccc(C(=O)O)cc2)cc1. The van der Waals surface area contributed by atoms with Gasteiger partial charge in [-0.25, -0.2) is 9.79 Å². The molecule has 0 atom stereocenters. The maximum absolute atomic E-state index is 13.7. The molecule has 8 nitrogen and oxygen atoms in total. The van der Waals surface area contributed by atoms with E-state index in [0.29, 0.717) is 50.2 Å². The zero-order valence-electron chi connectivity index (χ0n) is 23.6. The summed E-state index contributed by atoms with van der Waals surface area (Å²) < 4.78 is 18.0. The van der Waals surface area contributed by atoms with Crippen molar-refractivity contribution in [2.75, 3.05) is 14.2 Å². The first-order valence-corrected chi connectivity index (χ1v) is 15.5. The molecule has 1 amide bonds. The zero-order chi connectivity index (χ0) is 31.2. The fourth-order valence-corrected chi connectivity index (χ4v) is 5.92. The van der Waals surface area contributed by atoms with Crippen LogP contribution < -0.4 is 14.2 Å². The number of carbonyl (C=O) groups is 2. The van der Waals surface area contributed by atoms with Gasteiger partial charge in [-0.3, -0.25) is 9.69 Å². The molecule has 1 saturated heterocycles. The largest absolute Gasteiger partial charge is 0.497 e. The van der Waals surface area contributed by atoms with Gasteiger partial charge in [-0.2, -0.15) is 0 Å². The summed E-state index contributed by atoms with van der Waals surface area (Å²) in [6, 6.07) is 25.1. The number of carboxylic acids is 1. The lowest BCUT2D eigenvalue weighted by molar-refractivity contribution is -0.122. The topological polar surface area (TPSA) is 97.7 Å². The summed E-state index contributed by atoms with van der Waals surface area (Å²) in [6.07, 6.45) is 1.74. The molecular formula is C33H26ClIN2O6S. The van der Waals surface area contributed by atoms with Crippen LogP contribution in [0.5, 0.6) is 17.2 Å². The van der Waals surface area contributed by atoms with Crippen molar-refractivity contribution in [1.29, 1.82) is 0 Å². The Bertz CT molecular complexity index is 1740. The highest BCUT2D eigenvalue weighted by molar-refractivity contribution is 14.1. The first-order chi connectivity index (χ1) is 21.2. The number of carboxylic acid groups (broad SMARTS) is 1. The third-order valence-electron chi connectivity index (χ3n) is 6.57. The van der Waals surface area contributed by atoms with E-state index in [9.17, 15) is 14.7 Å². The zero-order valence-corrected chi connectivity index (χ0v) is 27.4. The number of amidine groups is 1. The molecule has 1 heterocycles. The third kappa shape index (κ3) is 7.55. The number of methoxy groups -OCH3 is 2. The van der Waals surface area contributed by atoms with Gasteiger partial charge in [-0.15, -0.1) is 0 Å². The Kier molecular flexibility index (Phi) is 10.1. The number of ether oxygens (including phenoxy) is 3. The number of aromatic carboxylic acids is 1. The number of nitrogens with zero attached hydrogens (tertiary/aromatic N) is 2. The van der Waals surface area contributed by atoms with Crippen molar-refractivity contribution in [3.8, 4) is 17.2 Å². The molecule has 0 bridgehead atoms. The molecule has 5 rings (SSSR count). The number of thioether (sulfide) groups is 1. The number of amides is 1. The summed E-state index contributed by atoms with van der Waals surface area (Å²) in [4.78, 5) is 31.8. The highest BCUT2D eigenvalue weighted by Gasteiger charge is 2.33. The molecule has 0 radical (unpaired) electrons. The molecule has 11 heteroatoms. The van der Waals surface area contributed by atoms with Crippen LogP contribution in [0.2, 0.25) is 5.02 Å². The van der Waals surface area contributed by atoms with Gasteiger partial charge in [0.05, 0.1) is 41.9 Å². The van der Waals surface area contributed by atoms with E-state index in [2.05, 4.69) is 22.6 Å². The maximum Gasteiger partial charge on any atom is 0.335 e. The number of rotatable bonds is 10. The first kappa shape index (κ1) is 31.4. The second-order valence-electron chi connectivity index (χ2n) is 9.55. The lowest BCUT2D eigenvalue weighted by Crippen LogP contribution is -2.28. The van der Waals surface area contributed by atoms with Crippen LogP contribution in [0.1, 0.15) is 27.0 Å². The van der Waals surface area contributed by atoms with Gasteiger partial charge >= 0.3 is 5.97 Å². The Hall–Kier alpha value is -4.00. The number of aliphatic imine (C=N–C) groups is 1. The fourth-order valence-electron chi connectivity index (χ4n) is 4.28. The number of carbonyl (C=O) groups excluding carboxylic acids is 1. The molecule has 1 N–H and O–H groups in total. The standard InChI is InChI=1S/C33H26ClIN2O6S/c1-41-26-13-11-25(12-14-26)36-33-37(18-20-3-7-23(8-4-20)32(39)40)31(38)29(44-33)17-22-15-27(34)30(28(16-22)42-2)43-19-21-5-9-24(35)10-6-21/h3-17H,18-19H2,1-2H3,(H,39,40)/b29-17-,36-33?. The van der Waals surface area contributed by atoms with Crippen molar-refractivity contribution >= 4 is 74.8 Å². The summed E-state index contributed by atoms with van der Waals surface area (Å²) in [5, 5.41) is 10.1. The quantitative estimate of drug-likeness (QED) is 0.130. The van der Waals surface area contributed by atoms with E-state index in [1.807, 2.05) is 24.3 Å². The normalized spacial score (nSPS) is 14.7. The van der Waals surface area contributed by atoms with Crippen molar-refractivity contribution in [3.63, 3.8) is 0 Å².